The summed E-state index contributed by atoms with van der Waals surface area (Å²) < 4.78 is 2.49. The van der Waals surface area contributed by atoms with Crippen molar-refractivity contribution < 1.29 is 0 Å². The van der Waals surface area contributed by atoms with Crippen LogP contribution in [0.15, 0.2) is 42.1 Å². The molecule has 1 N–H and O–H groups in total. The van der Waals surface area contributed by atoms with E-state index in [1.165, 1.54) is 48.0 Å². The van der Waals surface area contributed by atoms with Gasteiger partial charge in [-0.15, -0.1) is 0 Å². The average molecular weight is 295 g/mol. The second-order valence-electron chi connectivity index (χ2n) is 6.55. The molecule has 0 amide bonds. The molecule has 1 aromatic carbocycles. The smallest absolute Gasteiger partial charge is 0.0483 e. The molecule has 0 aliphatic carbocycles. The molecule has 116 valence electrons. The maximum absolute atomic E-state index is 3.59. The summed E-state index contributed by atoms with van der Waals surface area (Å²) in [5.74, 6) is 0. The molecule has 1 fully saturated rings. The molecule has 3 heteroatoms. The van der Waals surface area contributed by atoms with Crippen molar-refractivity contribution in [2.24, 2.45) is 0 Å². The molecule has 22 heavy (non-hydrogen) atoms. The van der Waals surface area contributed by atoms with Crippen molar-refractivity contribution in [3.05, 3.63) is 47.8 Å². The lowest BCUT2D eigenvalue weighted by Gasteiger charge is -2.28. The molecule has 0 radical (unpaired) electrons. The van der Waals surface area contributed by atoms with Gasteiger partial charge >= 0.3 is 0 Å². The lowest BCUT2D eigenvalue weighted by Crippen LogP contribution is -2.33. The highest BCUT2D eigenvalue weighted by atomic mass is 15.2. The van der Waals surface area contributed by atoms with Crippen LogP contribution in [-0.4, -0.2) is 29.1 Å². The third-order valence-corrected chi connectivity index (χ3v) is 4.99. The Morgan fingerprint density at radius 1 is 1.09 bits per heavy atom. The molecule has 1 saturated heterocycles. The lowest BCUT2D eigenvalue weighted by atomic mass is 10.2. The van der Waals surface area contributed by atoms with Gasteiger partial charge in [0.15, 0.2) is 0 Å². The summed E-state index contributed by atoms with van der Waals surface area (Å²) in [4.78, 5) is 2.56. The first-order chi connectivity index (χ1) is 10.9. The molecule has 0 unspecified atom stereocenters. The second-order valence-corrected chi connectivity index (χ2v) is 6.55. The zero-order chi connectivity index (χ0) is 14.8. The minimum atomic E-state index is 1.07. The molecule has 1 aromatic heterocycles. The Kier molecular flexibility index (Phi) is 3.90. The van der Waals surface area contributed by atoms with Crippen LogP contribution in [0.25, 0.3) is 10.9 Å². The largest absolute Gasteiger partial charge is 0.389 e. The Hall–Kier alpha value is -1.74. The summed E-state index contributed by atoms with van der Waals surface area (Å²) in [5.41, 5.74) is 4.31. The second kappa shape index (κ2) is 6.17. The molecule has 2 aliphatic heterocycles. The number of hydrogen-bond donors (Lipinski definition) is 1. The summed E-state index contributed by atoms with van der Waals surface area (Å²) >= 11 is 0. The van der Waals surface area contributed by atoms with Crippen molar-refractivity contribution >= 4 is 10.9 Å². The van der Waals surface area contributed by atoms with E-state index in [2.05, 4.69) is 51.2 Å². The monoisotopic (exact) mass is 295 g/mol. The SMILES string of the molecule is C(CN1CCn2c(cc3ccccc32)C1)=C1CCCCCN1. The number of nitrogens with zero attached hydrogens (tertiary/aromatic N) is 2. The molecule has 0 saturated carbocycles. The van der Waals surface area contributed by atoms with Crippen molar-refractivity contribution in [1.82, 2.24) is 14.8 Å². The number of hydrogen-bond acceptors (Lipinski definition) is 2. The van der Waals surface area contributed by atoms with Gasteiger partial charge in [0.05, 0.1) is 0 Å². The van der Waals surface area contributed by atoms with Crippen LogP contribution in [0.2, 0.25) is 0 Å². The Bertz CT molecular complexity index is 673. The minimum absolute atomic E-state index is 1.07. The summed E-state index contributed by atoms with van der Waals surface area (Å²) in [6, 6.07) is 11.1. The van der Waals surface area contributed by atoms with E-state index in [1.54, 1.807) is 0 Å². The maximum atomic E-state index is 3.59. The van der Waals surface area contributed by atoms with Gasteiger partial charge in [0.1, 0.15) is 0 Å². The van der Waals surface area contributed by atoms with E-state index in [-0.39, 0.29) is 0 Å². The maximum Gasteiger partial charge on any atom is 0.0483 e. The lowest BCUT2D eigenvalue weighted by molar-refractivity contribution is 0.246. The average Bonchev–Trinajstić information content (AvgIpc) is 2.72. The van der Waals surface area contributed by atoms with Crippen LogP contribution in [0.4, 0.5) is 0 Å². The first kappa shape index (κ1) is 13.9. The van der Waals surface area contributed by atoms with Crippen LogP contribution in [-0.2, 0) is 13.1 Å². The van der Waals surface area contributed by atoms with Gasteiger partial charge in [-0.1, -0.05) is 30.7 Å². The number of aromatic nitrogens is 1. The van der Waals surface area contributed by atoms with E-state index in [1.807, 2.05) is 0 Å². The van der Waals surface area contributed by atoms with Crippen LogP contribution < -0.4 is 5.32 Å². The van der Waals surface area contributed by atoms with E-state index >= 15 is 0 Å². The molecule has 2 aliphatic rings. The zero-order valence-electron chi connectivity index (χ0n) is 13.2. The number of fused-ring (bicyclic) bond motifs is 3. The summed E-state index contributed by atoms with van der Waals surface area (Å²) in [7, 11) is 0. The molecule has 0 spiro atoms. The van der Waals surface area contributed by atoms with Gasteiger partial charge in [-0.05, 0) is 36.8 Å². The van der Waals surface area contributed by atoms with Crippen LogP contribution in [0.5, 0.6) is 0 Å². The van der Waals surface area contributed by atoms with Crippen LogP contribution in [0.1, 0.15) is 31.4 Å². The number of rotatable bonds is 2. The standard InChI is InChI=1S/C19H25N3/c1-2-7-17(20-10-5-1)9-11-21-12-13-22-18(15-21)14-16-6-3-4-8-19(16)22/h3-4,6,8-9,14,20H,1-2,5,7,10-13,15H2. The fourth-order valence-electron chi connectivity index (χ4n) is 3.74. The van der Waals surface area contributed by atoms with Crippen molar-refractivity contribution in [3.63, 3.8) is 0 Å². The molecule has 0 atom stereocenters. The Balaban J connectivity index is 1.46. The predicted molar refractivity (Wildman–Crippen MR) is 91.8 cm³/mol. The topological polar surface area (TPSA) is 20.2 Å². The Morgan fingerprint density at radius 2 is 2.05 bits per heavy atom. The van der Waals surface area contributed by atoms with Gasteiger partial charge in [0, 0.05) is 49.6 Å². The fraction of sp³-hybridized carbons (Fsp3) is 0.474. The van der Waals surface area contributed by atoms with Crippen LogP contribution >= 0.6 is 0 Å². The molecule has 2 aromatic rings. The molecular formula is C19H25N3. The van der Waals surface area contributed by atoms with Gasteiger partial charge in [-0.25, -0.2) is 0 Å². The van der Waals surface area contributed by atoms with E-state index in [0.717, 1.165) is 32.7 Å². The minimum Gasteiger partial charge on any atom is -0.389 e. The van der Waals surface area contributed by atoms with Gasteiger partial charge in [0.25, 0.3) is 0 Å². The van der Waals surface area contributed by atoms with E-state index in [4.69, 9.17) is 0 Å². The van der Waals surface area contributed by atoms with Crippen molar-refractivity contribution in [3.8, 4) is 0 Å². The summed E-state index contributed by atoms with van der Waals surface area (Å²) in [6.45, 7) is 5.55. The highest BCUT2D eigenvalue weighted by Gasteiger charge is 2.17. The highest BCUT2D eigenvalue weighted by Crippen LogP contribution is 2.24. The van der Waals surface area contributed by atoms with Crippen LogP contribution in [0.3, 0.4) is 0 Å². The Labute approximate surface area is 132 Å². The molecule has 3 heterocycles. The molecule has 3 nitrogen and oxygen atoms in total. The summed E-state index contributed by atoms with van der Waals surface area (Å²) in [6.07, 6.45) is 7.68. The van der Waals surface area contributed by atoms with Crippen LogP contribution in [0, 0.1) is 0 Å². The van der Waals surface area contributed by atoms with Gasteiger partial charge in [0.2, 0.25) is 0 Å². The van der Waals surface area contributed by atoms with Gasteiger partial charge < -0.3 is 9.88 Å². The first-order valence-corrected chi connectivity index (χ1v) is 8.62. The Morgan fingerprint density at radius 3 is 3.05 bits per heavy atom. The molecular weight excluding hydrogens is 270 g/mol. The quantitative estimate of drug-likeness (QED) is 0.915. The van der Waals surface area contributed by atoms with Gasteiger partial charge in [-0.2, -0.15) is 0 Å². The van der Waals surface area contributed by atoms with Crippen molar-refractivity contribution in [2.45, 2.75) is 38.8 Å². The number of allylic oxidation sites excluding steroid dienone is 1. The zero-order valence-corrected chi connectivity index (χ0v) is 13.2. The van der Waals surface area contributed by atoms with Crippen molar-refractivity contribution in [2.75, 3.05) is 19.6 Å². The van der Waals surface area contributed by atoms with E-state index in [9.17, 15) is 0 Å². The molecule has 4 rings (SSSR count). The normalized spacial score (nSPS) is 21.5. The third-order valence-electron chi connectivity index (χ3n) is 4.99. The summed E-state index contributed by atoms with van der Waals surface area (Å²) in [5, 5.41) is 4.97. The first-order valence-electron chi connectivity index (χ1n) is 8.62. The number of nitrogens with one attached hydrogen (secondary N) is 1. The number of para-hydroxylation sites is 1. The third kappa shape index (κ3) is 2.78. The predicted octanol–water partition coefficient (Wildman–Crippen LogP) is 3.50. The number of benzene rings is 1. The van der Waals surface area contributed by atoms with E-state index in [0.29, 0.717) is 0 Å². The molecule has 0 bridgehead atoms. The van der Waals surface area contributed by atoms with E-state index < -0.39 is 0 Å². The van der Waals surface area contributed by atoms with Crippen molar-refractivity contribution in [1.29, 1.82) is 0 Å². The fourth-order valence-corrected chi connectivity index (χ4v) is 3.74. The highest BCUT2D eigenvalue weighted by molar-refractivity contribution is 5.81. The van der Waals surface area contributed by atoms with Gasteiger partial charge in [-0.3, -0.25) is 4.90 Å².